The lowest BCUT2D eigenvalue weighted by atomic mass is 9.94. The number of Topliss-reactive ketones (excluding diaryl/α,β-unsaturated/α-hetero) is 1. The minimum absolute atomic E-state index is 0.0356. The number of carbonyl (C=O) groups is 3. The summed E-state index contributed by atoms with van der Waals surface area (Å²) in [5, 5.41) is 5.88. The van der Waals surface area contributed by atoms with Gasteiger partial charge in [0.15, 0.2) is 5.78 Å². The number of esters is 2. The van der Waals surface area contributed by atoms with Gasteiger partial charge >= 0.3 is 11.9 Å². The third kappa shape index (κ3) is 7.22. The molecule has 4 aromatic rings. The first-order valence-electron chi connectivity index (χ1n) is 14.3. The molecule has 0 amide bonds. The van der Waals surface area contributed by atoms with Crippen molar-refractivity contribution < 1.29 is 23.9 Å². The number of carbonyl (C=O) groups excluding carboxylic acids is 3. The van der Waals surface area contributed by atoms with Gasteiger partial charge < -0.3 is 9.47 Å². The lowest BCUT2D eigenvalue weighted by molar-refractivity contribution is -0.155. The Labute approximate surface area is 255 Å². The van der Waals surface area contributed by atoms with Gasteiger partial charge in [-0.3, -0.25) is 19.0 Å². The van der Waals surface area contributed by atoms with E-state index in [1.165, 1.54) is 15.3 Å². The molecule has 4 rings (SSSR count). The van der Waals surface area contributed by atoms with Crippen molar-refractivity contribution in [2.24, 2.45) is 0 Å². The predicted octanol–water partition coefficient (Wildman–Crippen LogP) is 6.46. The monoisotopic (exact) mass is 605 g/mol. The van der Waals surface area contributed by atoms with E-state index >= 15 is 0 Å². The standard InChI is InChI=1S/C33H36ClN3O6/c1-7-20(3)42-32(41)26-17-23(35-37(26)19-28(39)43-33(4,5)6)18-36-30(27(38)8-2)29(21-12-10-9-11-13-21)25-16-22(34)14-15-24(25)31(36)40/h9-17,20H,7-8,18-19H2,1-6H3. The van der Waals surface area contributed by atoms with Gasteiger partial charge in [0.05, 0.1) is 24.0 Å². The molecular formula is C33H36ClN3O6. The van der Waals surface area contributed by atoms with Gasteiger partial charge in [0, 0.05) is 22.4 Å². The largest absolute Gasteiger partial charge is 0.459 e. The summed E-state index contributed by atoms with van der Waals surface area (Å²) < 4.78 is 13.6. The number of fused-ring (bicyclic) bond motifs is 1. The second-order valence-electron chi connectivity index (χ2n) is 11.3. The Morgan fingerprint density at radius 1 is 1.00 bits per heavy atom. The number of rotatable bonds is 10. The van der Waals surface area contributed by atoms with Crippen molar-refractivity contribution in [1.29, 1.82) is 0 Å². The third-order valence-electron chi connectivity index (χ3n) is 6.82. The SMILES string of the molecule is CCC(=O)c1c(-c2ccccc2)c2cc(Cl)ccc2c(=O)n1Cc1cc(C(=O)OC(C)CC)n(CC(=O)OC(C)(C)C)n1. The second-order valence-corrected chi connectivity index (χ2v) is 11.8. The fraction of sp³-hybridized carbons (Fsp3) is 0.364. The summed E-state index contributed by atoms with van der Waals surface area (Å²) in [5.74, 6) is -1.50. The van der Waals surface area contributed by atoms with Gasteiger partial charge in [-0.1, -0.05) is 55.8 Å². The van der Waals surface area contributed by atoms with Crippen molar-refractivity contribution in [1.82, 2.24) is 14.3 Å². The van der Waals surface area contributed by atoms with Crippen LogP contribution in [-0.2, 0) is 27.4 Å². The summed E-state index contributed by atoms with van der Waals surface area (Å²) in [5.41, 5.74) is 0.706. The Morgan fingerprint density at radius 3 is 2.33 bits per heavy atom. The number of ketones is 1. The van der Waals surface area contributed by atoms with E-state index in [2.05, 4.69) is 5.10 Å². The molecule has 226 valence electrons. The zero-order valence-corrected chi connectivity index (χ0v) is 26.0. The number of ether oxygens (including phenoxy) is 2. The average molecular weight is 606 g/mol. The molecule has 9 nitrogen and oxygen atoms in total. The molecule has 0 aliphatic heterocycles. The summed E-state index contributed by atoms with van der Waals surface area (Å²) in [6.45, 7) is 10.1. The number of halogens is 1. The molecule has 43 heavy (non-hydrogen) atoms. The fourth-order valence-corrected chi connectivity index (χ4v) is 4.91. The quantitative estimate of drug-likeness (QED) is 0.151. The number of benzene rings is 2. The van der Waals surface area contributed by atoms with Crippen molar-refractivity contribution >= 4 is 40.1 Å². The average Bonchev–Trinajstić information content (AvgIpc) is 3.34. The van der Waals surface area contributed by atoms with E-state index in [0.29, 0.717) is 33.5 Å². The van der Waals surface area contributed by atoms with Gasteiger partial charge in [-0.25, -0.2) is 9.48 Å². The highest BCUT2D eigenvalue weighted by atomic mass is 35.5. The topological polar surface area (TPSA) is 109 Å². The molecule has 0 aliphatic rings. The Balaban J connectivity index is 1.92. The first-order chi connectivity index (χ1) is 20.3. The van der Waals surface area contributed by atoms with E-state index < -0.39 is 23.1 Å². The third-order valence-corrected chi connectivity index (χ3v) is 7.06. The molecule has 1 atom stereocenters. The van der Waals surface area contributed by atoms with Gasteiger partial charge in [-0.15, -0.1) is 0 Å². The minimum atomic E-state index is -0.741. The predicted molar refractivity (Wildman–Crippen MR) is 166 cm³/mol. The number of hydrogen-bond acceptors (Lipinski definition) is 7. The van der Waals surface area contributed by atoms with Gasteiger partial charge in [0.2, 0.25) is 0 Å². The van der Waals surface area contributed by atoms with Gasteiger partial charge in [-0.05, 0) is 69.3 Å². The van der Waals surface area contributed by atoms with E-state index in [9.17, 15) is 19.2 Å². The maximum atomic E-state index is 14.0. The first kappa shape index (κ1) is 31.7. The summed E-state index contributed by atoms with van der Waals surface area (Å²) in [4.78, 5) is 53.4. The summed E-state index contributed by atoms with van der Waals surface area (Å²) in [6, 6.07) is 15.8. The van der Waals surface area contributed by atoms with E-state index in [4.69, 9.17) is 21.1 Å². The Hall–Kier alpha value is -4.24. The number of aromatic nitrogens is 3. The van der Waals surface area contributed by atoms with E-state index in [0.717, 1.165) is 5.56 Å². The summed E-state index contributed by atoms with van der Waals surface area (Å²) in [7, 11) is 0. The Kier molecular flexibility index (Phi) is 9.55. The molecule has 10 heteroatoms. The zero-order valence-electron chi connectivity index (χ0n) is 25.3. The molecule has 0 saturated heterocycles. The van der Waals surface area contributed by atoms with Crippen molar-refractivity contribution in [2.75, 3.05) is 0 Å². The van der Waals surface area contributed by atoms with Gasteiger partial charge in [0.1, 0.15) is 17.8 Å². The molecule has 0 aliphatic carbocycles. The molecule has 0 fully saturated rings. The van der Waals surface area contributed by atoms with Gasteiger partial charge in [-0.2, -0.15) is 5.10 Å². The van der Waals surface area contributed by atoms with Crippen LogP contribution in [0.4, 0.5) is 0 Å². The Morgan fingerprint density at radius 2 is 1.70 bits per heavy atom. The van der Waals surface area contributed by atoms with Gasteiger partial charge in [0.25, 0.3) is 5.56 Å². The number of nitrogens with zero attached hydrogens (tertiary/aromatic N) is 3. The summed E-state index contributed by atoms with van der Waals surface area (Å²) >= 11 is 6.36. The molecule has 0 saturated carbocycles. The molecule has 2 heterocycles. The van der Waals surface area contributed by atoms with E-state index in [-0.39, 0.29) is 42.8 Å². The summed E-state index contributed by atoms with van der Waals surface area (Å²) in [6.07, 6.45) is 0.378. The highest BCUT2D eigenvalue weighted by Crippen LogP contribution is 2.33. The molecule has 0 radical (unpaired) electrons. The molecule has 1 unspecified atom stereocenters. The van der Waals surface area contributed by atoms with E-state index in [1.54, 1.807) is 52.8 Å². The van der Waals surface area contributed by atoms with Crippen LogP contribution in [0.1, 0.15) is 81.1 Å². The van der Waals surface area contributed by atoms with Crippen LogP contribution in [0.3, 0.4) is 0 Å². The minimum Gasteiger partial charge on any atom is -0.459 e. The highest BCUT2D eigenvalue weighted by Gasteiger charge is 2.26. The van der Waals surface area contributed by atoms with Crippen LogP contribution < -0.4 is 5.56 Å². The van der Waals surface area contributed by atoms with Crippen LogP contribution in [0.15, 0.2) is 59.4 Å². The van der Waals surface area contributed by atoms with E-state index in [1.807, 2.05) is 37.3 Å². The molecule has 0 N–H and O–H groups in total. The van der Waals surface area contributed by atoms with Crippen molar-refractivity contribution in [3.05, 3.63) is 87.1 Å². The van der Waals surface area contributed by atoms with Crippen LogP contribution >= 0.6 is 11.6 Å². The Bertz CT molecular complexity index is 1730. The lowest BCUT2D eigenvalue weighted by Gasteiger charge is -2.20. The first-order valence-corrected chi connectivity index (χ1v) is 14.6. The zero-order chi connectivity index (χ0) is 31.5. The highest BCUT2D eigenvalue weighted by molar-refractivity contribution is 6.31. The van der Waals surface area contributed by atoms with Crippen LogP contribution in [0.25, 0.3) is 21.9 Å². The molecule has 0 spiro atoms. The fourth-order valence-electron chi connectivity index (χ4n) is 4.74. The lowest BCUT2D eigenvalue weighted by Crippen LogP contribution is -2.29. The van der Waals surface area contributed by atoms with Crippen molar-refractivity contribution in [3.63, 3.8) is 0 Å². The molecular weight excluding hydrogens is 570 g/mol. The second kappa shape index (κ2) is 13.0. The number of hydrogen-bond donors (Lipinski definition) is 0. The number of pyridine rings is 1. The van der Waals surface area contributed by atoms with Crippen molar-refractivity contribution in [3.8, 4) is 11.1 Å². The molecule has 2 aromatic heterocycles. The van der Waals surface area contributed by atoms with Crippen LogP contribution in [0.2, 0.25) is 5.02 Å². The maximum Gasteiger partial charge on any atom is 0.356 e. The van der Waals surface area contributed by atoms with Crippen LogP contribution in [0.5, 0.6) is 0 Å². The smallest absolute Gasteiger partial charge is 0.356 e. The maximum absolute atomic E-state index is 14.0. The molecule has 0 bridgehead atoms. The normalized spacial score (nSPS) is 12.3. The van der Waals surface area contributed by atoms with Crippen LogP contribution in [0, 0.1) is 0 Å². The molecule has 2 aromatic carbocycles. The van der Waals surface area contributed by atoms with Crippen molar-refractivity contribution in [2.45, 2.75) is 79.2 Å². The van der Waals surface area contributed by atoms with Crippen LogP contribution in [-0.4, -0.2) is 43.8 Å².